The summed E-state index contributed by atoms with van der Waals surface area (Å²) >= 11 is 1.54. The second-order valence-electron chi connectivity index (χ2n) is 24.7. The minimum atomic E-state index is -0.300. The molecule has 16 rings (SSSR count). The molecular formula is C89H80Ir3N6O4S-3. The minimum Gasteiger partial charge on any atom is -0.512 e. The molecule has 10 nitrogen and oxygen atoms in total. The fraction of sp³-hybridized carbons (Fsp3) is 0.157. The molecule has 0 amide bonds. The Labute approximate surface area is 651 Å². The number of aliphatic hydroxyl groups is 1. The second-order valence-corrected chi connectivity index (χ2v) is 25.7. The largest absolute Gasteiger partial charge is 3.00 e. The number of hydrogen-bond donors (Lipinski definition) is 1. The monoisotopic (exact) mass is 1910 g/mol. The first kappa shape index (κ1) is 82.4. The van der Waals surface area contributed by atoms with Crippen LogP contribution in [0.15, 0.2) is 295 Å². The minimum absolute atomic E-state index is 0. The van der Waals surface area contributed by atoms with Gasteiger partial charge in [-0.3, -0.25) is 4.79 Å². The Morgan fingerprint density at radius 1 is 0.515 bits per heavy atom. The number of allylic oxidation sites excluding steroid dienone is 2. The molecule has 1 N–H and O–H groups in total. The van der Waals surface area contributed by atoms with Crippen LogP contribution in [0.3, 0.4) is 0 Å². The van der Waals surface area contributed by atoms with Crippen molar-refractivity contribution >= 4 is 44.0 Å². The molecule has 0 saturated carbocycles. The van der Waals surface area contributed by atoms with Crippen LogP contribution in [0.4, 0.5) is 5.69 Å². The van der Waals surface area contributed by atoms with E-state index in [1.165, 1.54) is 42.3 Å². The van der Waals surface area contributed by atoms with E-state index in [1.807, 2.05) is 243 Å². The van der Waals surface area contributed by atoms with E-state index in [9.17, 15) is 9.59 Å². The number of pyridine rings is 4. The number of thiazole rings is 1. The first-order valence-electron chi connectivity index (χ1n) is 32.7. The van der Waals surface area contributed by atoms with Crippen LogP contribution in [0.25, 0.3) is 87.9 Å². The Kier molecular flexibility index (Phi) is 32.7. The van der Waals surface area contributed by atoms with Crippen molar-refractivity contribution in [3.8, 4) is 66.7 Å². The summed E-state index contributed by atoms with van der Waals surface area (Å²) in [6.45, 7) is 16.3. The third kappa shape index (κ3) is 23.5. The Morgan fingerprint density at radius 3 is 1.31 bits per heavy atom. The fourth-order valence-electron chi connectivity index (χ4n) is 11.2. The quantitative estimate of drug-likeness (QED) is 0.0711. The number of anilines is 1. The number of aromatic nitrogens is 5. The zero-order valence-electron chi connectivity index (χ0n) is 57.7. The van der Waals surface area contributed by atoms with Crippen LogP contribution in [0.1, 0.15) is 78.5 Å². The molecule has 0 fully saturated rings. The molecule has 0 aliphatic carbocycles. The first-order valence-corrected chi connectivity index (χ1v) is 33.5. The summed E-state index contributed by atoms with van der Waals surface area (Å²) in [5.41, 5.74) is 17.3. The van der Waals surface area contributed by atoms with E-state index < -0.39 is 0 Å². The molecule has 526 valence electrons. The van der Waals surface area contributed by atoms with Gasteiger partial charge in [-0.2, -0.15) is 48.5 Å². The van der Waals surface area contributed by atoms with Gasteiger partial charge in [0.05, 0.1) is 21.5 Å². The number of benzene rings is 8. The number of para-hydroxylation sites is 1. The van der Waals surface area contributed by atoms with Crippen LogP contribution >= 0.6 is 11.3 Å². The van der Waals surface area contributed by atoms with E-state index in [0.29, 0.717) is 5.56 Å². The Morgan fingerprint density at radius 2 is 0.922 bits per heavy atom. The maximum atomic E-state index is 13.2. The molecule has 0 atom stereocenters. The van der Waals surface area contributed by atoms with E-state index >= 15 is 0 Å². The van der Waals surface area contributed by atoms with Crippen molar-refractivity contribution in [2.24, 2.45) is 0 Å². The van der Waals surface area contributed by atoms with Gasteiger partial charge in [0.2, 0.25) is 0 Å². The zero-order chi connectivity index (χ0) is 69.4. The standard InChI is InChI=1S/C26H26N2O2S.C12H10N.C12H8.3C11H8N.C5H8O2.CH4.3Ir/c1-25(2)9-11-28-12-10-26(3,4)20-21(28)17(25)14-15-13-16(24(29)30-22(15)20)23-27-18-7-5-6-8-19(18)31-23;1-10-7-8-13-12(9-10)11-5-3-2-4-6-11;1-3-7-11(8-4-1)12-9-5-2-6-10-12;3*1-2-6-10(7-3-1)11-8-4-5-9-12-11;1-4(6)3-5(2)7;;;;/h5-8,13-14H,9-12H2,1-4H3;2-5,7-9H,1H3;1-7,9H;3*1-6,8-9H;3,6H,1-2H3;1H4;;;/q;-1;-2;3*-1;;;;;+3. The van der Waals surface area contributed by atoms with Gasteiger partial charge in [0.1, 0.15) is 10.6 Å². The van der Waals surface area contributed by atoms with Gasteiger partial charge in [0, 0.05) is 101 Å². The molecule has 0 saturated heterocycles. The average molecular weight is 1910 g/mol. The summed E-state index contributed by atoms with van der Waals surface area (Å²) < 4.78 is 7.18. The van der Waals surface area contributed by atoms with Gasteiger partial charge in [0.15, 0.2) is 5.78 Å². The molecule has 14 aromatic rings. The van der Waals surface area contributed by atoms with Crippen LogP contribution in [-0.4, -0.2) is 48.9 Å². The van der Waals surface area contributed by atoms with Crippen molar-refractivity contribution in [2.75, 3.05) is 18.0 Å². The molecule has 6 aromatic heterocycles. The molecule has 14 heteroatoms. The van der Waals surface area contributed by atoms with Gasteiger partial charge < -0.3 is 34.4 Å². The van der Waals surface area contributed by atoms with Crippen molar-refractivity contribution in [2.45, 2.75) is 79.6 Å². The van der Waals surface area contributed by atoms with Crippen LogP contribution in [0.5, 0.6) is 0 Å². The molecule has 0 unspecified atom stereocenters. The molecule has 2 radical (unpaired) electrons. The van der Waals surface area contributed by atoms with Crippen LogP contribution in [0, 0.1) is 43.3 Å². The molecule has 2 aliphatic rings. The van der Waals surface area contributed by atoms with Crippen molar-refractivity contribution < 1.29 is 74.6 Å². The van der Waals surface area contributed by atoms with Crippen molar-refractivity contribution in [3.63, 3.8) is 0 Å². The zero-order valence-corrected chi connectivity index (χ0v) is 65.7. The number of hydrogen-bond acceptors (Lipinski definition) is 11. The van der Waals surface area contributed by atoms with E-state index in [4.69, 9.17) is 14.5 Å². The average Bonchev–Trinajstić information content (AvgIpc) is 0.900. The third-order valence-electron chi connectivity index (χ3n) is 16.2. The molecule has 8 heterocycles. The van der Waals surface area contributed by atoms with Crippen LogP contribution in [-0.2, 0) is 75.9 Å². The van der Waals surface area contributed by atoms with Gasteiger partial charge in [-0.05, 0) is 121 Å². The van der Waals surface area contributed by atoms with E-state index in [-0.39, 0.29) is 95.7 Å². The van der Waals surface area contributed by atoms with Crippen molar-refractivity contribution in [1.29, 1.82) is 0 Å². The molecular weight excluding hydrogens is 1830 g/mol. The Bertz CT molecular complexity index is 4440. The number of rotatable bonds is 7. The Hall–Kier alpha value is -9.58. The smallest absolute Gasteiger partial charge is 0.512 e. The number of carbonyl (C=O) groups excluding carboxylic acids is 1. The van der Waals surface area contributed by atoms with Crippen LogP contribution in [0.2, 0.25) is 0 Å². The summed E-state index contributed by atoms with van der Waals surface area (Å²) in [6, 6.07) is 99.9. The molecule has 103 heavy (non-hydrogen) atoms. The SMILES string of the molecule is C.CC(=O)C=C(C)O.CC1(C)CCN2CCC(C)(C)c3c2c1cc1cc(-c2nc4ccccc4s2)c(=O)oc31.Cc1ccnc(-c2[c-]cccc2)c1.[Ir+3].[Ir].[Ir].[c-]1ccccc1-c1[c-]cccc1.[c-]1ccccc1-c1ccccn1.[c-]1ccccc1-c1ccccn1.[c-]1ccccc1-c1ccccn1. The molecule has 0 bridgehead atoms. The van der Waals surface area contributed by atoms with Gasteiger partial charge >= 0.3 is 25.7 Å². The fourth-order valence-corrected chi connectivity index (χ4v) is 12.1. The number of carbonyl (C=O) groups is 1. The number of ketones is 1. The molecule has 8 aromatic carbocycles. The van der Waals surface area contributed by atoms with Gasteiger partial charge in [-0.25, -0.2) is 20.9 Å². The van der Waals surface area contributed by atoms with Gasteiger partial charge in [-0.15, -0.1) is 167 Å². The summed E-state index contributed by atoms with van der Waals surface area (Å²) in [5.74, 6) is -0.0625. The van der Waals surface area contributed by atoms with E-state index in [2.05, 4.69) is 108 Å². The van der Waals surface area contributed by atoms with Crippen molar-refractivity contribution in [1.82, 2.24) is 24.9 Å². The summed E-state index contributed by atoms with van der Waals surface area (Å²) in [4.78, 5) is 47.3. The number of aryl methyl sites for hydroxylation is 1. The first-order chi connectivity index (χ1) is 48.1. The van der Waals surface area contributed by atoms with Gasteiger partial charge in [-0.1, -0.05) is 95.3 Å². The number of aliphatic hydroxyl groups excluding tert-OH is 1. The molecule has 2 aliphatic heterocycles. The van der Waals surface area contributed by atoms with Gasteiger partial charge in [0.25, 0.3) is 0 Å². The van der Waals surface area contributed by atoms with Crippen LogP contribution < -0.4 is 10.5 Å². The second kappa shape index (κ2) is 40.9. The normalized spacial score (nSPS) is 12.3. The summed E-state index contributed by atoms with van der Waals surface area (Å²) in [5, 5.41) is 10.1. The summed E-state index contributed by atoms with van der Waals surface area (Å²) in [6.07, 6.45) is 10.5. The topological polar surface area (TPSA) is 135 Å². The maximum absolute atomic E-state index is 13.2. The summed E-state index contributed by atoms with van der Waals surface area (Å²) in [7, 11) is 0. The predicted octanol–water partition coefficient (Wildman–Crippen LogP) is 21.4. The Balaban J connectivity index is 0.000000199. The third-order valence-corrected chi connectivity index (χ3v) is 17.3. The van der Waals surface area contributed by atoms with Crippen molar-refractivity contribution in [3.05, 3.63) is 349 Å². The number of fused-ring (bicyclic) bond motifs is 3. The molecule has 0 spiro atoms. The van der Waals surface area contributed by atoms with E-state index in [0.717, 1.165) is 108 Å². The number of nitrogens with zero attached hydrogens (tertiary/aromatic N) is 6. The van der Waals surface area contributed by atoms with E-state index in [1.54, 1.807) is 29.9 Å². The predicted molar refractivity (Wildman–Crippen MR) is 411 cm³/mol. The maximum Gasteiger partial charge on any atom is 3.00 e.